The van der Waals surface area contributed by atoms with Gasteiger partial charge in [0.25, 0.3) is 0 Å². The Morgan fingerprint density at radius 3 is 2.87 bits per heavy atom. The van der Waals surface area contributed by atoms with Crippen molar-refractivity contribution < 1.29 is 21.5 Å². The fourth-order valence-corrected chi connectivity index (χ4v) is 5.70. The Morgan fingerprint density at radius 2 is 2.23 bits per heavy atom. The first kappa shape index (κ1) is 20.3. The first-order valence-electron chi connectivity index (χ1n) is 11.0. The maximum absolute atomic E-state index is 12.4. The lowest BCUT2D eigenvalue weighted by Crippen LogP contribution is -2.60. The number of hydrogen-bond acceptors (Lipinski definition) is 6. The summed E-state index contributed by atoms with van der Waals surface area (Å²) in [5, 5.41) is 31.5. The molecule has 2 saturated heterocycles. The van der Waals surface area contributed by atoms with E-state index in [4.69, 9.17) is 16.6 Å². The minimum absolute atomic E-state index is 0.165. The van der Waals surface area contributed by atoms with Gasteiger partial charge in [0, 0.05) is 23.7 Å². The van der Waals surface area contributed by atoms with E-state index in [1.807, 2.05) is 4.90 Å². The molecule has 0 saturated carbocycles. The van der Waals surface area contributed by atoms with E-state index in [1.54, 1.807) is 25.1 Å². The number of aliphatic hydroxyl groups is 3. The van der Waals surface area contributed by atoms with E-state index in [1.165, 1.54) is 0 Å². The number of aliphatic hydroxyl groups excluding tert-OH is 2. The molecule has 3 N–H and O–H groups in total. The van der Waals surface area contributed by atoms with Gasteiger partial charge in [0.2, 0.25) is 0 Å². The Hall–Kier alpha value is -1.57. The monoisotopic (exact) mass is 433 g/mol. The number of rotatable bonds is 5. The molecule has 2 fully saturated rings. The number of nitrogens with zero attached hydrogens (tertiary/aromatic N) is 2. The lowest BCUT2D eigenvalue weighted by molar-refractivity contribution is -0.119. The summed E-state index contributed by atoms with van der Waals surface area (Å²) in [6.45, 7) is 4.14. The lowest BCUT2D eigenvalue weighted by atomic mass is 9.69. The molecule has 4 rings (SSSR count). The van der Waals surface area contributed by atoms with Crippen LogP contribution < -0.4 is 0 Å². The first-order chi connectivity index (χ1) is 14.7. The second kappa shape index (κ2) is 8.17. The standard InChI is InChI=1S/C23H29ClN2O4/c1-3-13-10-26-6-5-23(30)21-14(11-27)7-15(24)8-18(21)25-22(23)19(26)9-17(13)16(4-2)20(29)12-28/h4,7-8,13,17,19,27-28,30H,3,5-6,9-12H2,1-2H3/b16-4+/t13-,17+,19+,23+/m1/s1/i19D. The lowest BCUT2D eigenvalue weighted by Gasteiger charge is -2.50. The minimum atomic E-state index is -1.45. The van der Waals surface area contributed by atoms with Crippen molar-refractivity contribution in [3.8, 4) is 0 Å². The fraction of sp³-hybridized carbons (Fsp3) is 0.565. The zero-order valence-electron chi connectivity index (χ0n) is 18.4. The van der Waals surface area contributed by atoms with Crippen molar-refractivity contribution in [2.24, 2.45) is 16.8 Å². The fourth-order valence-electron chi connectivity index (χ4n) is 5.46. The van der Waals surface area contributed by atoms with Gasteiger partial charge in [-0.2, -0.15) is 0 Å². The SMILES string of the molecule is [2H][C@@]12C[C@H](/C(=C\C)C(=O)CO)[C@H](CC)CN1CC[C@@]1(O)C2=Nc2cc(Cl)cc(CO)c21. The van der Waals surface area contributed by atoms with Crippen LogP contribution in [0.1, 0.15) is 45.6 Å². The summed E-state index contributed by atoms with van der Waals surface area (Å²) in [4.78, 5) is 19.2. The van der Waals surface area contributed by atoms with E-state index < -0.39 is 18.2 Å². The number of allylic oxidation sites excluding steroid dienone is 1. The molecule has 1 aromatic rings. The highest BCUT2D eigenvalue weighted by molar-refractivity contribution is 6.31. The second-order valence-electron chi connectivity index (χ2n) is 8.38. The highest BCUT2D eigenvalue weighted by Crippen LogP contribution is 2.50. The zero-order valence-corrected chi connectivity index (χ0v) is 18.1. The van der Waals surface area contributed by atoms with Crippen LogP contribution in [-0.2, 0) is 17.0 Å². The molecule has 0 amide bonds. The van der Waals surface area contributed by atoms with Gasteiger partial charge in [-0.05, 0) is 54.9 Å². The summed E-state index contributed by atoms with van der Waals surface area (Å²) in [5.74, 6) is -0.365. The molecular weight excluding hydrogens is 404 g/mol. The van der Waals surface area contributed by atoms with Gasteiger partial charge in [-0.3, -0.25) is 14.7 Å². The van der Waals surface area contributed by atoms with E-state index in [9.17, 15) is 21.5 Å². The van der Waals surface area contributed by atoms with Crippen LogP contribution in [0.3, 0.4) is 0 Å². The van der Waals surface area contributed by atoms with E-state index in [0.717, 1.165) is 6.42 Å². The number of benzene rings is 1. The highest BCUT2D eigenvalue weighted by Gasteiger charge is 2.53. The van der Waals surface area contributed by atoms with Gasteiger partial charge in [0.1, 0.15) is 12.2 Å². The van der Waals surface area contributed by atoms with Gasteiger partial charge in [-0.25, -0.2) is 0 Å². The van der Waals surface area contributed by atoms with Crippen LogP contribution in [0.4, 0.5) is 5.69 Å². The van der Waals surface area contributed by atoms with Crippen LogP contribution in [-0.4, -0.2) is 57.4 Å². The van der Waals surface area contributed by atoms with Crippen molar-refractivity contribution in [1.29, 1.82) is 0 Å². The number of halogens is 1. The van der Waals surface area contributed by atoms with E-state index in [-0.39, 0.29) is 24.2 Å². The Morgan fingerprint density at radius 1 is 1.47 bits per heavy atom. The maximum Gasteiger partial charge on any atom is 0.184 e. The Bertz CT molecular complexity index is 981. The van der Waals surface area contributed by atoms with E-state index in [2.05, 4.69) is 6.92 Å². The Kier molecular flexibility index (Phi) is 5.54. The zero-order chi connectivity index (χ0) is 22.6. The average molecular weight is 434 g/mol. The van der Waals surface area contributed by atoms with E-state index >= 15 is 0 Å². The minimum Gasteiger partial charge on any atom is -0.392 e. The van der Waals surface area contributed by atoms with Crippen molar-refractivity contribution >= 4 is 28.8 Å². The smallest absolute Gasteiger partial charge is 0.184 e. The molecule has 6 nitrogen and oxygen atoms in total. The third kappa shape index (κ3) is 3.26. The summed E-state index contributed by atoms with van der Waals surface area (Å²) in [6, 6.07) is 1.99. The van der Waals surface area contributed by atoms with Crippen LogP contribution in [0.5, 0.6) is 0 Å². The largest absolute Gasteiger partial charge is 0.392 e. The summed E-state index contributed by atoms with van der Waals surface area (Å²) in [6.07, 6.45) is 3.26. The molecule has 0 aromatic heterocycles. The van der Waals surface area contributed by atoms with Crippen LogP contribution in [0.15, 0.2) is 28.8 Å². The third-order valence-electron chi connectivity index (χ3n) is 6.91. The number of Topliss-reactive ketones (excluding diaryl/α,β-unsaturated/α-hetero) is 1. The van der Waals surface area contributed by atoms with Gasteiger partial charge in [-0.15, -0.1) is 0 Å². The summed E-state index contributed by atoms with van der Waals surface area (Å²) >= 11 is 6.21. The molecule has 7 heteroatoms. The second-order valence-corrected chi connectivity index (χ2v) is 8.82. The molecule has 3 heterocycles. The molecule has 1 aromatic carbocycles. The van der Waals surface area contributed by atoms with Gasteiger partial charge in [0.15, 0.2) is 5.78 Å². The Labute approximate surface area is 183 Å². The molecule has 4 atom stereocenters. The first-order valence-corrected chi connectivity index (χ1v) is 10.9. The number of carbonyl (C=O) groups excluding carboxylic acids is 1. The molecule has 0 aliphatic carbocycles. The molecule has 30 heavy (non-hydrogen) atoms. The van der Waals surface area contributed by atoms with Crippen molar-refractivity contribution in [2.45, 2.75) is 51.3 Å². The molecule has 0 radical (unpaired) electrons. The predicted molar refractivity (Wildman–Crippen MR) is 116 cm³/mol. The number of fused-ring (bicyclic) bond motifs is 5. The van der Waals surface area contributed by atoms with Gasteiger partial charge >= 0.3 is 0 Å². The van der Waals surface area contributed by atoms with Crippen molar-refractivity contribution in [1.82, 2.24) is 4.90 Å². The van der Waals surface area contributed by atoms with Gasteiger partial charge < -0.3 is 15.3 Å². The number of hydrogen-bond donors (Lipinski definition) is 3. The van der Waals surface area contributed by atoms with Crippen molar-refractivity contribution in [3.63, 3.8) is 0 Å². The summed E-state index contributed by atoms with van der Waals surface area (Å²) < 4.78 is 9.49. The molecule has 0 bridgehead atoms. The number of aliphatic imine (C=N–C) groups is 1. The predicted octanol–water partition coefficient (Wildman–Crippen LogP) is 2.73. The quantitative estimate of drug-likeness (QED) is 0.621. The van der Waals surface area contributed by atoms with Crippen LogP contribution in [0, 0.1) is 11.8 Å². The van der Waals surface area contributed by atoms with E-state index in [0.29, 0.717) is 59.1 Å². The molecule has 0 spiro atoms. The third-order valence-corrected chi connectivity index (χ3v) is 7.13. The van der Waals surface area contributed by atoms with Crippen LogP contribution in [0.25, 0.3) is 0 Å². The van der Waals surface area contributed by atoms with Gasteiger partial charge in [0.05, 0.1) is 25.4 Å². The van der Waals surface area contributed by atoms with Crippen molar-refractivity contribution in [2.75, 3.05) is 19.7 Å². The summed E-state index contributed by atoms with van der Waals surface area (Å²) in [5.41, 5.74) is 0.984. The molecular formula is C23H29ClN2O4. The molecule has 3 aliphatic heterocycles. The topological polar surface area (TPSA) is 93.4 Å². The molecule has 162 valence electrons. The molecule has 3 aliphatic rings. The number of ketones is 1. The number of piperidine rings is 2. The number of carbonyl (C=O) groups is 1. The van der Waals surface area contributed by atoms with Crippen LogP contribution in [0.2, 0.25) is 5.02 Å². The summed E-state index contributed by atoms with van der Waals surface area (Å²) in [7, 11) is 0. The highest BCUT2D eigenvalue weighted by atomic mass is 35.5. The Balaban J connectivity index is 1.81. The normalized spacial score (nSPS) is 34.0. The van der Waals surface area contributed by atoms with Crippen molar-refractivity contribution in [3.05, 3.63) is 39.9 Å². The van der Waals surface area contributed by atoms with Crippen LogP contribution >= 0.6 is 11.6 Å². The molecule has 0 unspecified atom stereocenters. The maximum atomic E-state index is 12.4. The van der Waals surface area contributed by atoms with Gasteiger partial charge in [-0.1, -0.05) is 31.0 Å². The average Bonchev–Trinajstić information content (AvgIpc) is 3.06.